The fourth-order valence-electron chi connectivity index (χ4n) is 2.20. The fraction of sp³-hybridized carbons (Fsp3) is 0.250. The van der Waals surface area contributed by atoms with E-state index in [4.69, 9.17) is 23.2 Å². The van der Waals surface area contributed by atoms with Gasteiger partial charge in [-0.3, -0.25) is 0 Å². The van der Waals surface area contributed by atoms with Crippen LogP contribution >= 0.6 is 39.1 Å². The van der Waals surface area contributed by atoms with E-state index in [1.54, 1.807) is 18.2 Å². The van der Waals surface area contributed by atoms with Crippen LogP contribution in [0.4, 0.5) is 4.39 Å². The van der Waals surface area contributed by atoms with E-state index in [9.17, 15) is 4.39 Å². The zero-order chi connectivity index (χ0) is 14.5. The molecule has 20 heavy (non-hydrogen) atoms. The quantitative estimate of drug-likeness (QED) is 0.568. The van der Waals surface area contributed by atoms with Crippen molar-refractivity contribution in [2.45, 2.75) is 12.8 Å². The van der Waals surface area contributed by atoms with Crippen LogP contribution in [0.5, 0.6) is 0 Å². The van der Waals surface area contributed by atoms with Gasteiger partial charge in [0.25, 0.3) is 0 Å². The first-order valence-corrected chi connectivity index (χ1v) is 8.21. The van der Waals surface area contributed by atoms with Gasteiger partial charge >= 0.3 is 0 Å². The summed E-state index contributed by atoms with van der Waals surface area (Å²) in [7, 11) is 0. The Morgan fingerprint density at radius 3 is 2.50 bits per heavy atom. The molecule has 106 valence electrons. The molecule has 4 heteroatoms. The van der Waals surface area contributed by atoms with Crippen molar-refractivity contribution >= 4 is 39.1 Å². The Morgan fingerprint density at radius 2 is 1.80 bits per heavy atom. The molecule has 0 N–H and O–H groups in total. The van der Waals surface area contributed by atoms with Gasteiger partial charge in [0.2, 0.25) is 0 Å². The van der Waals surface area contributed by atoms with Crippen molar-refractivity contribution in [1.29, 1.82) is 0 Å². The zero-order valence-corrected chi connectivity index (χ0v) is 13.8. The van der Waals surface area contributed by atoms with Crippen LogP contribution in [0.25, 0.3) is 0 Å². The minimum absolute atomic E-state index is 0.179. The maximum atomic E-state index is 13.9. The Balaban J connectivity index is 2.11. The number of hydrogen-bond donors (Lipinski definition) is 0. The molecule has 2 aromatic carbocycles. The van der Waals surface area contributed by atoms with Gasteiger partial charge in [-0.15, -0.1) is 0 Å². The molecule has 0 bridgehead atoms. The predicted octanol–water partition coefficient (Wildman–Crippen LogP) is 5.93. The molecule has 0 aliphatic rings. The smallest absolute Gasteiger partial charge is 0.144 e. The number of halogens is 4. The lowest BCUT2D eigenvalue weighted by molar-refractivity contribution is 0.551. The van der Waals surface area contributed by atoms with E-state index in [2.05, 4.69) is 15.9 Å². The van der Waals surface area contributed by atoms with E-state index in [0.29, 0.717) is 17.9 Å². The van der Waals surface area contributed by atoms with Crippen LogP contribution in [0.1, 0.15) is 11.1 Å². The summed E-state index contributed by atoms with van der Waals surface area (Å²) >= 11 is 15.3. The van der Waals surface area contributed by atoms with Gasteiger partial charge in [0, 0.05) is 10.4 Å². The number of hydrogen-bond acceptors (Lipinski definition) is 0. The van der Waals surface area contributed by atoms with Crippen molar-refractivity contribution in [2.75, 3.05) is 5.33 Å². The normalized spacial score (nSPS) is 12.4. The second-order valence-corrected chi connectivity index (χ2v) is 6.26. The number of alkyl halides is 1. The summed E-state index contributed by atoms with van der Waals surface area (Å²) in [5.74, 6) is -0.0207. The molecular weight excluding hydrogens is 362 g/mol. The van der Waals surface area contributed by atoms with Crippen LogP contribution in [0.2, 0.25) is 10.0 Å². The standard InChI is InChI=1S/C16H14BrCl2F/c17-10-12(7-11-3-1-5-14(18)9-11)8-13-4-2-6-15(19)16(13)20/h1-6,9,12H,7-8,10H2. The first-order valence-electron chi connectivity index (χ1n) is 6.33. The molecule has 0 radical (unpaired) electrons. The molecule has 1 unspecified atom stereocenters. The molecule has 0 amide bonds. The summed E-state index contributed by atoms with van der Waals surface area (Å²) in [6.45, 7) is 0. The Labute approximate surface area is 137 Å². The van der Waals surface area contributed by atoms with Gasteiger partial charge in [-0.1, -0.05) is 63.4 Å². The minimum Gasteiger partial charge on any atom is -0.205 e. The van der Waals surface area contributed by atoms with E-state index < -0.39 is 0 Å². The van der Waals surface area contributed by atoms with Gasteiger partial charge in [-0.25, -0.2) is 4.39 Å². The van der Waals surface area contributed by atoms with Gasteiger partial charge in [0.05, 0.1) is 5.02 Å². The van der Waals surface area contributed by atoms with Crippen molar-refractivity contribution in [1.82, 2.24) is 0 Å². The Morgan fingerprint density at radius 1 is 1.05 bits per heavy atom. The summed E-state index contributed by atoms with van der Waals surface area (Å²) in [6.07, 6.45) is 1.49. The Kier molecular flexibility index (Phi) is 5.88. The second-order valence-electron chi connectivity index (χ2n) is 4.77. The van der Waals surface area contributed by atoms with Crippen molar-refractivity contribution in [3.63, 3.8) is 0 Å². The van der Waals surface area contributed by atoms with E-state index in [1.165, 1.54) is 0 Å². The van der Waals surface area contributed by atoms with Crippen LogP contribution in [0.3, 0.4) is 0 Å². The minimum atomic E-state index is -0.314. The molecule has 0 aliphatic heterocycles. The molecule has 0 saturated carbocycles. The maximum Gasteiger partial charge on any atom is 0.144 e. The molecule has 0 fully saturated rings. The van der Waals surface area contributed by atoms with E-state index >= 15 is 0 Å². The fourth-order valence-corrected chi connectivity index (χ4v) is 3.06. The van der Waals surface area contributed by atoms with Crippen molar-refractivity contribution in [3.05, 3.63) is 69.5 Å². The van der Waals surface area contributed by atoms with Crippen molar-refractivity contribution in [3.8, 4) is 0 Å². The van der Waals surface area contributed by atoms with Crippen molar-refractivity contribution < 1.29 is 4.39 Å². The highest BCUT2D eigenvalue weighted by atomic mass is 79.9. The molecule has 0 nitrogen and oxygen atoms in total. The van der Waals surface area contributed by atoms with Crippen molar-refractivity contribution in [2.24, 2.45) is 5.92 Å². The number of benzene rings is 2. The lowest BCUT2D eigenvalue weighted by Crippen LogP contribution is -2.11. The van der Waals surface area contributed by atoms with E-state index in [1.807, 2.05) is 24.3 Å². The molecule has 0 spiro atoms. The number of rotatable bonds is 5. The maximum absolute atomic E-state index is 13.9. The lowest BCUT2D eigenvalue weighted by atomic mass is 9.94. The van der Waals surface area contributed by atoms with Crippen LogP contribution in [0.15, 0.2) is 42.5 Å². The molecule has 0 aromatic heterocycles. The van der Waals surface area contributed by atoms with Gasteiger partial charge in [0.1, 0.15) is 5.82 Å². The first-order chi connectivity index (χ1) is 9.60. The molecule has 2 rings (SSSR count). The summed E-state index contributed by atoms with van der Waals surface area (Å²) in [5, 5.41) is 1.70. The van der Waals surface area contributed by atoms with Crippen LogP contribution < -0.4 is 0 Å². The van der Waals surface area contributed by atoms with E-state index in [-0.39, 0.29) is 10.8 Å². The molecule has 0 saturated heterocycles. The summed E-state index contributed by atoms with van der Waals surface area (Å²) < 4.78 is 13.9. The first kappa shape index (κ1) is 15.8. The monoisotopic (exact) mass is 374 g/mol. The molecule has 0 aliphatic carbocycles. The lowest BCUT2D eigenvalue weighted by Gasteiger charge is -2.15. The Bertz CT molecular complexity index is 586. The largest absolute Gasteiger partial charge is 0.205 e. The van der Waals surface area contributed by atoms with Gasteiger partial charge in [-0.2, -0.15) is 0 Å². The predicted molar refractivity (Wildman–Crippen MR) is 87.6 cm³/mol. The van der Waals surface area contributed by atoms with Crippen LogP contribution in [-0.2, 0) is 12.8 Å². The third kappa shape index (κ3) is 4.21. The highest BCUT2D eigenvalue weighted by Gasteiger charge is 2.14. The van der Waals surface area contributed by atoms with E-state index in [0.717, 1.165) is 22.3 Å². The molecule has 1 atom stereocenters. The summed E-state index contributed by atoms with van der Waals surface area (Å²) in [6, 6.07) is 12.9. The average molecular weight is 376 g/mol. The molecule has 0 heterocycles. The SMILES string of the molecule is Fc1c(Cl)cccc1CC(CBr)Cc1cccc(Cl)c1. The second kappa shape index (κ2) is 7.44. The molecule has 2 aromatic rings. The molecular formula is C16H14BrCl2F. The van der Waals surface area contributed by atoms with Crippen LogP contribution in [-0.4, -0.2) is 5.33 Å². The average Bonchev–Trinajstić information content (AvgIpc) is 2.43. The third-order valence-corrected chi connectivity index (χ3v) is 4.61. The highest BCUT2D eigenvalue weighted by Crippen LogP contribution is 2.24. The van der Waals surface area contributed by atoms with Gasteiger partial charge in [0.15, 0.2) is 0 Å². The topological polar surface area (TPSA) is 0 Å². The van der Waals surface area contributed by atoms with Gasteiger partial charge < -0.3 is 0 Å². The summed E-state index contributed by atoms with van der Waals surface area (Å²) in [5.41, 5.74) is 1.81. The Hall–Kier alpha value is -0.570. The zero-order valence-electron chi connectivity index (χ0n) is 10.8. The van der Waals surface area contributed by atoms with Gasteiger partial charge in [-0.05, 0) is 48.1 Å². The summed E-state index contributed by atoms with van der Waals surface area (Å²) in [4.78, 5) is 0. The third-order valence-electron chi connectivity index (χ3n) is 3.17. The highest BCUT2D eigenvalue weighted by molar-refractivity contribution is 9.09. The van der Waals surface area contributed by atoms with Crippen LogP contribution in [0, 0.1) is 11.7 Å².